The highest BCUT2D eigenvalue weighted by molar-refractivity contribution is 5.91. The van der Waals surface area contributed by atoms with Gasteiger partial charge in [0, 0.05) is 20.2 Å². The van der Waals surface area contributed by atoms with Gasteiger partial charge in [0.05, 0.1) is 13.0 Å². The summed E-state index contributed by atoms with van der Waals surface area (Å²) in [6.07, 6.45) is 0.327. The molecule has 1 N–H and O–H groups in total. The molecular formula is C10H18N2O3. The molecule has 0 aromatic carbocycles. The van der Waals surface area contributed by atoms with Crippen molar-refractivity contribution >= 4 is 11.8 Å². The van der Waals surface area contributed by atoms with Crippen molar-refractivity contribution in [1.82, 2.24) is 10.2 Å². The van der Waals surface area contributed by atoms with Gasteiger partial charge in [-0.3, -0.25) is 9.59 Å². The maximum atomic E-state index is 11.8. The molecular weight excluding hydrogens is 196 g/mol. The lowest BCUT2D eigenvalue weighted by Crippen LogP contribution is -2.63. The number of rotatable bonds is 3. The second-order valence-electron chi connectivity index (χ2n) is 4.10. The molecule has 1 heterocycles. The van der Waals surface area contributed by atoms with Gasteiger partial charge in [0.1, 0.15) is 5.54 Å². The number of piperazine rings is 1. The molecule has 0 aliphatic carbocycles. The Morgan fingerprint density at radius 2 is 2.27 bits per heavy atom. The normalized spacial score (nSPS) is 19.9. The topological polar surface area (TPSA) is 58.6 Å². The van der Waals surface area contributed by atoms with Crippen LogP contribution < -0.4 is 5.32 Å². The number of amides is 2. The highest BCUT2D eigenvalue weighted by Gasteiger charge is 2.39. The number of carbonyl (C=O) groups excluding carboxylic acids is 2. The van der Waals surface area contributed by atoms with Crippen LogP contribution in [0.15, 0.2) is 0 Å². The van der Waals surface area contributed by atoms with Gasteiger partial charge in [-0.2, -0.15) is 0 Å². The third-order valence-electron chi connectivity index (χ3n) is 2.67. The summed E-state index contributed by atoms with van der Waals surface area (Å²) in [6.45, 7) is 5.01. The molecule has 0 aromatic rings. The predicted molar refractivity (Wildman–Crippen MR) is 55.3 cm³/mol. The van der Waals surface area contributed by atoms with E-state index in [1.165, 1.54) is 0 Å². The quantitative estimate of drug-likeness (QED) is 0.705. The summed E-state index contributed by atoms with van der Waals surface area (Å²) in [6, 6.07) is 0. The highest BCUT2D eigenvalue weighted by Crippen LogP contribution is 2.18. The smallest absolute Gasteiger partial charge is 0.245 e. The van der Waals surface area contributed by atoms with Crippen LogP contribution in [0.25, 0.3) is 0 Å². The molecule has 5 heteroatoms. The number of nitrogens with zero attached hydrogens (tertiary/aromatic N) is 1. The summed E-state index contributed by atoms with van der Waals surface area (Å²) < 4.78 is 4.85. The largest absolute Gasteiger partial charge is 0.384 e. The molecule has 1 aliphatic rings. The molecule has 15 heavy (non-hydrogen) atoms. The van der Waals surface area contributed by atoms with Gasteiger partial charge in [0.15, 0.2) is 0 Å². The molecule has 1 fully saturated rings. The van der Waals surface area contributed by atoms with Crippen LogP contribution in [0.3, 0.4) is 0 Å². The van der Waals surface area contributed by atoms with Crippen molar-refractivity contribution in [3.63, 3.8) is 0 Å². The third-order valence-corrected chi connectivity index (χ3v) is 2.67. The summed E-state index contributed by atoms with van der Waals surface area (Å²) in [4.78, 5) is 25.0. The Labute approximate surface area is 89.8 Å². The summed E-state index contributed by atoms with van der Waals surface area (Å²) in [5, 5.41) is 2.75. The minimum atomic E-state index is -0.747. The number of hydrogen-bond donors (Lipinski definition) is 1. The van der Waals surface area contributed by atoms with E-state index in [0.29, 0.717) is 26.1 Å². The summed E-state index contributed by atoms with van der Waals surface area (Å²) in [5.74, 6) is -0.129. The van der Waals surface area contributed by atoms with Crippen molar-refractivity contribution in [3.05, 3.63) is 0 Å². The average molecular weight is 214 g/mol. The Balaban J connectivity index is 2.66. The Morgan fingerprint density at radius 3 is 2.87 bits per heavy atom. The Bertz CT molecular complexity index is 263. The fourth-order valence-corrected chi connectivity index (χ4v) is 1.66. The minimum absolute atomic E-state index is 0.0308. The van der Waals surface area contributed by atoms with E-state index in [-0.39, 0.29) is 11.8 Å². The van der Waals surface area contributed by atoms with E-state index >= 15 is 0 Å². The fraction of sp³-hybridized carbons (Fsp3) is 0.800. The predicted octanol–water partition coefficient (Wildman–Crippen LogP) is -0.240. The van der Waals surface area contributed by atoms with Crippen molar-refractivity contribution in [3.8, 4) is 0 Å². The molecule has 0 saturated carbocycles. The standard InChI is InChI=1S/C10H18N2O3/c1-10(2)9(14)11-5-6-12(10)8(13)4-7-15-3/h4-7H2,1-3H3,(H,11,14). The van der Waals surface area contributed by atoms with Gasteiger partial charge in [-0.05, 0) is 13.8 Å². The van der Waals surface area contributed by atoms with E-state index in [1.54, 1.807) is 25.9 Å². The molecule has 2 amide bonds. The SMILES string of the molecule is COCCC(=O)N1CCNC(=O)C1(C)C. The van der Waals surface area contributed by atoms with Crippen LogP contribution in [0.1, 0.15) is 20.3 Å². The van der Waals surface area contributed by atoms with E-state index in [4.69, 9.17) is 4.74 Å². The first-order valence-corrected chi connectivity index (χ1v) is 5.08. The van der Waals surface area contributed by atoms with E-state index in [2.05, 4.69) is 5.32 Å². The first kappa shape index (κ1) is 12.0. The van der Waals surface area contributed by atoms with Gasteiger partial charge >= 0.3 is 0 Å². The van der Waals surface area contributed by atoms with Crippen LogP contribution in [0.4, 0.5) is 0 Å². The zero-order valence-corrected chi connectivity index (χ0v) is 9.50. The second kappa shape index (κ2) is 4.61. The van der Waals surface area contributed by atoms with Gasteiger partial charge in [-0.15, -0.1) is 0 Å². The van der Waals surface area contributed by atoms with E-state index < -0.39 is 5.54 Å². The lowest BCUT2D eigenvalue weighted by atomic mass is 9.98. The lowest BCUT2D eigenvalue weighted by Gasteiger charge is -2.41. The molecule has 1 aliphatic heterocycles. The van der Waals surface area contributed by atoms with Gasteiger partial charge in [0.2, 0.25) is 11.8 Å². The van der Waals surface area contributed by atoms with Crippen LogP contribution in [0.2, 0.25) is 0 Å². The van der Waals surface area contributed by atoms with Crippen molar-refractivity contribution < 1.29 is 14.3 Å². The zero-order chi connectivity index (χ0) is 11.5. The molecule has 86 valence electrons. The van der Waals surface area contributed by atoms with Crippen molar-refractivity contribution in [1.29, 1.82) is 0 Å². The van der Waals surface area contributed by atoms with Crippen LogP contribution in [-0.2, 0) is 14.3 Å². The zero-order valence-electron chi connectivity index (χ0n) is 9.50. The van der Waals surface area contributed by atoms with Crippen LogP contribution in [-0.4, -0.2) is 49.1 Å². The minimum Gasteiger partial charge on any atom is -0.384 e. The molecule has 0 spiro atoms. The van der Waals surface area contributed by atoms with E-state index in [9.17, 15) is 9.59 Å². The molecule has 1 rings (SSSR count). The fourth-order valence-electron chi connectivity index (χ4n) is 1.66. The van der Waals surface area contributed by atoms with Crippen LogP contribution >= 0.6 is 0 Å². The van der Waals surface area contributed by atoms with Gasteiger partial charge in [0.25, 0.3) is 0 Å². The second-order valence-corrected chi connectivity index (χ2v) is 4.10. The number of nitrogens with one attached hydrogen (secondary N) is 1. The van der Waals surface area contributed by atoms with Crippen LogP contribution in [0, 0.1) is 0 Å². The van der Waals surface area contributed by atoms with Gasteiger partial charge in [-0.25, -0.2) is 0 Å². The van der Waals surface area contributed by atoms with Gasteiger partial charge in [-0.1, -0.05) is 0 Å². The van der Waals surface area contributed by atoms with E-state index in [1.807, 2.05) is 0 Å². The maximum Gasteiger partial charge on any atom is 0.245 e. The van der Waals surface area contributed by atoms with Gasteiger partial charge < -0.3 is 15.0 Å². The maximum absolute atomic E-state index is 11.8. The van der Waals surface area contributed by atoms with Crippen molar-refractivity contribution in [2.24, 2.45) is 0 Å². The number of hydrogen-bond acceptors (Lipinski definition) is 3. The molecule has 1 saturated heterocycles. The summed E-state index contributed by atoms with van der Waals surface area (Å²) >= 11 is 0. The summed E-state index contributed by atoms with van der Waals surface area (Å²) in [7, 11) is 1.56. The molecule has 0 radical (unpaired) electrons. The first-order chi connectivity index (χ1) is 7.00. The Kier molecular flexibility index (Phi) is 3.68. The van der Waals surface area contributed by atoms with Crippen molar-refractivity contribution in [2.75, 3.05) is 26.8 Å². The Morgan fingerprint density at radius 1 is 1.60 bits per heavy atom. The third kappa shape index (κ3) is 2.47. The molecule has 0 unspecified atom stereocenters. The first-order valence-electron chi connectivity index (χ1n) is 5.08. The molecule has 5 nitrogen and oxygen atoms in total. The number of carbonyl (C=O) groups is 2. The van der Waals surface area contributed by atoms with E-state index in [0.717, 1.165) is 0 Å². The number of ether oxygens (including phenoxy) is 1. The molecule has 0 bridgehead atoms. The van der Waals surface area contributed by atoms with Crippen LogP contribution in [0.5, 0.6) is 0 Å². The molecule has 0 atom stereocenters. The molecule has 0 aromatic heterocycles. The average Bonchev–Trinajstić information content (AvgIpc) is 2.18. The summed E-state index contributed by atoms with van der Waals surface area (Å²) in [5.41, 5.74) is -0.747. The Hall–Kier alpha value is -1.10. The van der Waals surface area contributed by atoms with Crippen molar-refractivity contribution in [2.45, 2.75) is 25.8 Å². The monoisotopic (exact) mass is 214 g/mol. The lowest BCUT2D eigenvalue weighted by molar-refractivity contribution is -0.149. The highest BCUT2D eigenvalue weighted by atomic mass is 16.5. The number of methoxy groups -OCH3 is 1.